The maximum absolute atomic E-state index is 11.9. The van der Waals surface area contributed by atoms with Crippen LogP contribution in [0.5, 0.6) is 0 Å². The van der Waals surface area contributed by atoms with E-state index >= 15 is 0 Å². The van der Waals surface area contributed by atoms with Gasteiger partial charge in [-0.15, -0.1) is 0 Å². The number of hydrogen-bond donors (Lipinski definition) is 2. The topological polar surface area (TPSA) is 78.9 Å². The molecule has 2 aliphatic rings. The average molecular weight is 320 g/mol. The normalized spacial score (nSPS) is 24.9. The molecule has 2 N–H and O–H groups in total. The van der Waals surface area contributed by atoms with E-state index in [2.05, 4.69) is 5.32 Å². The first kappa shape index (κ1) is 15.8. The highest BCUT2D eigenvalue weighted by Gasteiger charge is 2.42. The quantitative estimate of drug-likeness (QED) is 0.777. The van der Waals surface area contributed by atoms with Crippen LogP contribution in [0.15, 0.2) is 0 Å². The van der Waals surface area contributed by atoms with Crippen molar-refractivity contribution in [1.29, 1.82) is 0 Å². The number of carboxylic acid groups (broad SMARTS) is 1. The minimum Gasteiger partial charge on any atom is -0.480 e. The Morgan fingerprint density at radius 3 is 2.80 bits per heavy atom. The summed E-state index contributed by atoms with van der Waals surface area (Å²) >= 11 is 3.84. The predicted molar refractivity (Wildman–Crippen MR) is 80.5 cm³/mol. The maximum Gasteiger partial charge on any atom is 0.329 e. The molecule has 0 aromatic heterocycles. The standard InChI is InChI=1S/C12H20N2O4S2/c1-12(18-5-10(15)16)7-14(8-12)11(17)13-4-9-6-19-2-3-20-9/h9H,2-8H2,1H3,(H,13,17)(H,15,16). The fraction of sp³-hybridized carbons (Fsp3) is 0.833. The number of aliphatic carboxylic acids is 1. The third-order valence-corrected chi connectivity index (χ3v) is 6.09. The van der Waals surface area contributed by atoms with Crippen LogP contribution in [0.25, 0.3) is 0 Å². The molecule has 2 aliphatic heterocycles. The molecule has 1 unspecified atom stereocenters. The van der Waals surface area contributed by atoms with Gasteiger partial charge in [-0.3, -0.25) is 0 Å². The van der Waals surface area contributed by atoms with Gasteiger partial charge in [0.1, 0.15) is 12.2 Å². The van der Waals surface area contributed by atoms with Crippen molar-refractivity contribution in [3.8, 4) is 0 Å². The van der Waals surface area contributed by atoms with Crippen LogP contribution in [0, 0.1) is 0 Å². The average Bonchev–Trinajstić information content (AvgIpc) is 2.40. The minimum absolute atomic E-state index is 0.0856. The SMILES string of the molecule is CC1(OCC(=O)O)CN(C(=O)NCC2CSCCS2)C1. The molecule has 2 saturated heterocycles. The van der Waals surface area contributed by atoms with Gasteiger partial charge in [0.25, 0.3) is 0 Å². The zero-order chi connectivity index (χ0) is 14.6. The molecule has 2 fully saturated rings. The Kier molecular flexibility index (Phi) is 5.45. The molecule has 20 heavy (non-hydrogen) atoms. The van der Waals surface area contributed by atoms with Crippen molar-refractivity contribution >= 4 is 35.5 Å². The molecule has 2 rings (SSSR count). The van der Waals surface area contributed by atoms with Gasteiger partial charge >= 0.3 is 12.0 Å². The highest BCUT2D eigenvalue weighted by atomic mass is 32.2. The third-order valence-electron chi connectivity index (χ3n) is 3.25. The van der Waals surface area contributed by atoms with E-state index in [0.717, 1.165) is 11.5 Å². The molecule has 1 atom stereocenters. The summed E-state index contributed by atoms with van der Waals surface area (Å²) in [6.07, 6.45) is 0. The van der Waals surface area contributed by atoms with Crippen molar-refractivity contribution in [1.82, 2.24) is 10.2 Å². The highest BCUT2D eigenvalue weighted by Crippen LogP contribution is 2.25. The second-order valence-corrected chi connectivity index (χ2v) is 7.80. The number of likely N-dealkylation sites (tertiary alicyclic amines) is 1. The molecule has 8 heteroatoms. The summed E-state index contributed by atoms with van der Waals surface area (Å²) in [4.78, 5) is 24.0. The first-order valence-corrected chi connectivity index (χ1v) is 8.77. The zero-order valence-corrected chi connectivity index (χ0v) is 13.1. The van der Waals surface area contributed by atoms with Crippen molar-refractivity contribution in [3.63, 3.8) is 0 Å². The first-order valence-electron chi connectivity index (χ1n) is 6.56. The van der Waals surface area contributed by atoms with Crippen LogP contribution in [0.2, 0.25) is 0 Å². The van der Waals surface area contributed by atoms with Crippen molar-refractivity contribution in [2.24, 2.45) is 0 Å². The zero-order valence-electron chi connectivity index (χ0n) is 11.5. The molecule has 114 valence electrons. The number of thioether (sulfide) groups is 2. The number of hydrogen-bond acceptors (Lipinski definition) is 5. The number of rotatable bonds is 5. The first-order chi connectivity index (χ1) is 9.48. The summed E-state index contributed by atoms with van der Waals surface area (Å²) < 4.78 is 5.27. The van der Waals surface area contributed by atoms with Crippen molar-refractivity contribution in [2.45, 2.75) is 17.8 Å². The molecule has 0 spiro atoms. The fourth-order valence-electron chi connectivity index (χ4n) is 2.20. The molecule has 2 amide bonds. The van der Waals surface area contributed by atoms with Crippen molar-refractivity contribution < 1.29 is 19.4 Å². The largest absolute Gasteiger partial charge is 0.480 e. The molecule has 0 aromatic carbocycles. The number of nitrogens with zero attached hydrogens (tertiary/aromatic N) is 1. The maximum atomic E-state index is 11.9. The van der Waals surface area contributed by atoms with E-state index in [9.17, 15) is 9.59 Å². The number of carboxylic acids is 1. The number of urea groups is 1. The van der Waals surface area contributed by atoms with Crippen LogP contribution in [0.1, 0.15) is 6.92 Å². The second kappa shape index (κ2) is 6.91. The Labute approximate surface area is 127 Å². The van der Waals surface area contributed by atoms with Crippen LogP contribution < -0.4 is 5.32 Å². The smallest absolute Gasteiger partial charge is 0.329 e. The Morgan fingerprint density at radius 2 is 2.20 bits per heavy atom. The summed E-state index contributed by atoms with van der Waals surface area (Å²) in [5.41, 5.74) is -0.523. The molecule has 0 bridgehead atoms. The number of carbonyl (C=O) groups excluding carboxylic acids is 1. The van der Waals surface area contributed by atoms with Crippen LogP contribution in [-0.4, -0.2) is 76.4 Å². The van der Waals surface area contributed by atoms with Crippen LogP contribution in [0.3, 0.4) is 0 Å². The van der Waals surface area contributed by atoms with E-state index in [4.69, 9.17) is 9.84 Å². The lowest BCUT2D eigenvalue weighted by molar-refractivity contribution is -0.159. The molecule has 0 aliphatic carbocycles. The predicted octanol–water partition coefficient (Wildman–Crippen LogP) is 0.720. The number of amides is 2. The van der Waals surface area contributed by atoms with E-state index in [1.165, 1.54) is 5.75 Å². The lowest BCUT2D eigenvalue weighted by atomic mass is 9.97. The Bertz CT molecular complexity index is 368. The molecule has 6 nitrogen and oxygen atoms in total. The Hall–Kier alpha value is -0.600. The fourth-order valence-corrected chi connectivity index (χ4v) is 4.81. The van der Waals surface area contributed by atoms with E-state index in [-0.39, 0.29) is 12.6 Å². The molecule has 2 heterocycles. The van der Waals surface area contributed by atoms with Gasteiger partial charge in [-0.25, -0.2) is 9.59 Å². The lowest BCUT2D eigenvalue weighted by Gasteiger charge is -2.47. The van der Waals surface area contributed by atoms with Crippen LogP contribution in [-0.2, 0) is 9.53 Å². The molecular formula is C12H20N2O4S2. The van der Waals surface area contributed by atoms with Gasteiger partial charge in [0.15, 0.2) is 0 Å². The molecule has 0 aromatic rings. The summed E-state index contributed by atoms with van der Waals surface area (Å²) in [5.74, 6) is 2.45. The van der Waals surface area contributed by atoms with Gasteiger partial charge in [-0.05, 0) is 6.92 Å². The number of carbonyl (C=O) groups is 2. The highest BCUT2D eigenvalue weighted by molar-refractivity contribution is 8.06. The molecule has 0 radical (unpaired) electrons. The van der Waals surface area contributed by atoms with Gasteiger partial charge in [0.2, 0.25) is 0 Å². The van der Waals surface area contributed by atoms with Gasteiger partial charge in [0, 0.05) is 29.1 Å². The van der Waals surface area contributed by atoms with E-state index in [1.54, 1.807) is 4.90 Å². The summed E-state index contributed by atoms with van der Waals surface area (Å²) in [6.45, 7) is 3.09. The van der Waals surface area contributed by atoms with E-state index < -0.39 is 11.6 Å². The molecule has 0 saturated carbocycles. The van der Waals surface area contributed by atoms with Gasteiger partial charge in [-0.2, -0.15) is 23.5 Å². The van der Waals surface area contributed by atoms with Crippen LogP contribution >= 0.6 is 23.5 Å². The van der Waals surface area contributed by atoms with Gasteiger partial charge < -0.3 is 20.1 Å². The Balaban J connectivity index is 1.64. The minimum atomic E-state index is -0.985. The molecular weight excluding hydrogens is 300 g/mol. The summed E-state index contributed by atoms with van der Waals surface area (Å²) in [5, 5.41) is 12.0. The monoisotopic (exact) mass is 320 g/mol. The van der Waals surface area contributed by atoms with Crippen molar-refractivity contribution in [3.05, 3.63) is 0 Å². The second-order valence-electron chi connectivity index (χ2n) is 5.24. The lowest BCUT2D eigenvalue weighted by Crippen LogP contribution is -2.65. The number of ether oxygens (including phenoxy) is 1. The van der Waals surface area contributed by atoms with E-state index in [0.29, 0.717) is 24.9 Å². The summed E-state index contributed by atoms with van der Waals surface area (Å²) in [6, 6.07) is -0.0856. The number of nitrogens with one attached hydrogen (secondary N) is 1. The van der Waals surface area contributed by atoms with E-state index in [1.807, 2.05) is 30.4 Å². The Morgan fingerprint density at radius 1 is 1.45 bits per heavy atom. The van der Waals surface area contributed by atoms with Crippen LogP contribution in [0.4, 0.5) is 4.79 Å². The van der Waals surface area contributed by atoms with Gasteiger partial charge in [-0.1, -0.05) is 0 Å². The van der Waals surface area contributed by atoms with Crippen molar-refractivity contribution in [2.75, 3.05) is 43.5 Å². The van der Waals surface area contributed by atoms with Gasteiger partial charge in [0.05, 0.1) is 13.1 Å². The summed E-state index contributed by atoms with van der Waals surface area (Å²) in [7, 11) is 0. The third kappa shape index (κ3) is 4.46.